The Morgan fingerprint density at radius 2 is 2.09 bits per heavy atom. The van der Waals surface area contributed by atoms with Gasteiger partial charge in [0.25, 0.3) is 0 Å². The summed E-state index contributed by atoms with van der Waals surface area (Å²) in [5.41, 5.74) is 0. The van der Waals surface area contributed by atoms with Crippen LogP contribution in [0.5, 0.6) is 0 Å². The lowest BCUT2D eigenvalue weighted by Gasteiger charge is -2.27. The van der Waals surface area contributed by atoms with E-state index in [-0.39, 0.29) is 0 Å². The zero-order valence-corrected chi connectivity index (χ0v) is 6.79. The number of rotatable bonds is 0. The molecule has 11 heavy (non-hydrogen) atoms. The van der Waals surface area contributed by atoms with Gasteiger partial charge < -0.3 is 9.64 Å². The van der Waals surface area contributed by atoms with Gasteiger partial charge >= 0.3 is 0 Å². The topological polar surface area (TPSA) is 37.2 Å². The second kappa shape index (κ2) is 4.08. The molecule has 0 aromatic heterocycles. The Morgan fingerprint density at radius 3 is 2.55 bits per heavy atom. The fourth-order valence-electron chi connectivity index (χ4n) is 1.08. The Balaban J connectivity index is 2.49. The zero-order chi connectivity index (χ0) is 8.10. The molecule has 0 aromatic carbocycles. The molecule has 0 radical (unpaired) electrons. The fourth-order valence-corrected chi connectivity index (χ4v) is 1.08. The predicted octanol–water partition coefficient (Wildman–Crippen LogP) is 0.00500. The van der Waals surface area contributed by atoms with Crippen LogP contribution in [0.25, 0.3) is 0 Å². The lowest BCUT2D eigenvalue weighted by molar-refractivity contribution is 0.0676. The van der Waals surface area contributed by atoms with E-state index < -0.39 is 0 Å². The Bertz CT molecular complexity index is 161. The summed E-state index contributed by atoms with van der Waals surface area (Å²) in [6.07, 6.45) is 0. The first-order valence-electron chi connectivity index (χ1n) is 3.64. The van der Waals surface area contributed by atoms with Gasteiger partial charge in [-0.15, -0.1) is 0 Å². The van der Waals surface area contributed by atoms with Gasteiger partial charge in [0.2, 0.25) is 5.96 Å². The SMILES string of the molecule is C=N/C(=N\C)N1CCOCC1. The number of hydrogen-bond donors (Lipinski definition) is 0. The maximum absolute atomic E-state index is 5.18. The quantitative estimate of drug-likeness (QED) is 0.365. The van der Waals surface area contributed by atoms with Crippen LogP contribution < -0.4 is 0 Å². The summed E-state index contributed by atoms with van der Waals surface area (Å²) in [6.45, 7) is 6.69. The number of morpholine rings is 1. The molecule has 0 bridgehead atoms. The van der Waals surface area contributed by atoms with E-state index in [1.807, 2.05) is 0 Å². The van der Waals surface area contributed by atoms with Crippen molar-refractivity contribution in [1.82, 2.24) is 4.90 Å². The highest BCUT2D eigenvalue weighted by atomic mass is 16.5. The van der Waals surface area contributed by atoms with Crippen LogP contribution in [0, 0.1) is 0 Å². The highest BCUT2D eigenvalue weighted by Gasteiger charge is 2.12. The van der Waals surface area contributed by atoms with Gasteiger partial charge in [-0.05, 0) is 6.72 Å². The molecule has 0 amide bonds. The summed E-state index contributed by atoms with van der Waals surface area (Å²) in [5, 5.41) is 0. The molecule has 62 valence electrons. The Labute approximate surface area is 66.6 Å². The molecule has 1 fully saturated rings. The van der Waals surface area contributed by atoms with Crippen molar-refractivity contribution in [3.63, 3.8) is 0 Å². The molecule has 0 saturated carbocycles. The van der Waals surface area contributed by atoms with Crippen LogP contribution in [-0.2, 0) is 4.74 Å². The average molecular weight is 155 g/mol. The van der Waals surface area contributed by atoms with Crippen molar-refractivity contribution in [2.45, 2.75) is 0 Å². The van der Waals surface area contributed by atoms with Crippen LogP contribution in [0.1, 0.15) is 0 Å². The van der Waals surface area contributed by atoms with Crippen LogP contribution in [0.2, 0.25) is 0 Å². The van der Waals surface area contributed by atoms with Gasteiger partial charge in [-0.1, -0.05) is 0 Å². The van der Waals surface area contributed by atoms with Gasteiger partial charge in [-0.2, -0.15) is 0 Å². The third-order valence-electron chi connectivity index (χ3n) is 1.64. The third-order valence-corrected chi connectivity index (χ3v) is 1.64. The first kappa shape index (κ1) is 8.20. The Kier molecular flexibility index (Phi) is 3.04. The molecule has 1 aliphatic heterocycles. The van der Waals surface area contributed by atoms with E-state index in [0.717, 1.165) is 26.3 Å². The fraction of sp³-hybridized carbons (Fsp3) is 0.714. The maximum Gasteiger partial charge on any atom is 0.219 e. The number of aliphatic imine (C=N–C) groups is 2. The van der Waals surface area contributed by atoms with Crippen molar-refractivity contribution in [2.75, 3.05) is 33.4 Å². The molecule has 0 N–H and O–H groups in total. The van der Waals surface area contributed by atoms with E-state index in [9.17, 15) is 0 Å². The summed E-state index contributed by atoms with van der Waals surface area (Å²) in [5.74, 6) is 0.716. The van der Waals surface area contributed by atoms with Crippen LogP contribution in [0.4, 0.5) is 0 Å². The Morgan fingerprint density at radius 1 is 1.45 bits per heavy atom. The lowest BCUT2D eigenvalue weighted by atomic mass is 10.4. The Hall–Kier alpha value is -0.900. The molecule has 0 aromatic rings. The van der Waals surface area contributed by atoms with Gasteiger partial charge in [-0.25, -0.2) is 4.99 Å². The van der Waals surface area contributed by atoms with E-state index in [0.29, 0.717) is 5.96 Å². The molecule has 1 heterocycles. The minimum atomic E-state index is 0.716. The van der Waals surface area contributed by atoms with Crippen molar-refractivity contribution < 1.29 is 4.74 Å². The summed E-state index contributed by atoms with van der Waals surface area (Å²) in [6, 6.07) is 0. The van der Waals surface area contributed by atoms with E-state index in [1.54, 1.807) is 7.05 Å². The molecule has 4 heteroatoms. The summed E-state index contributed by atoms with van der Waals surface area (Å²) >= 11 is 0. The summed E-state index contributed by atoms with van der Waals surface area (Å²) in [4.78, 5) is 9.85. The standard InChI is InChI=1S/C7H13N3O/c1-8-7(9-2)10-3-5-11-6-4-10/h1,3-6H2,2H3/b9-7+. The van der Waals surface area contributed by atoms with Crippen molar-refractivity contribution in [3.8, 4) is 0 Å². The average Bonchev–Trinajstić information content (AvgIpc) is 2.09. The van der Waals surface area contributed by atoms with Gasteiger partial charge in [0.1, 0.15) is 0 Å². The minimum absolute atomic E-state index is 0.716. The largest absolute Gasteiger partial charge is 0.378 e. The van der Waals surface area contributed by atoms with Crippen molar-refractivity contribution in [2.24, 2.45) is 9.98 Å². The first-order chi connectivity index (χ1) is 5.38. The third kappa shape index (κ3) is 2.01. The van der Waals surface area contributed by atoms with Gasteiger partial charge in [0.05, 0.1) is 13.2 Å². The number of hydrogen-bond acceptors (Lipinski definition) is 2. The van der Waals surface area contributed by atoms with Crippen LogP contribution >= 0.6 is 0 Å². The second-order valence-electron chi connectivity index (χ2n) is 2.28. The van der Waals surface area contributed by atoms with Crippen molar-refractivity contribution >= 4 is 12.7 Å². The molecule has 0 unspecified atom stereocenters. The zero-order valence-electron chi connectivity index (χ0n) is 6.79. The van der Waals surface area contributed by atoms with Crippen LogP contribution in [0.3, 0.4) is 0 Å². The molecule has 0 spiro atoms. The van der Waals surface area contributed by atoms with Gasteiger partial charge in [-0.3, -0.25) is 4.99 Å². The molecular formula is C7H13N3O. The lowest BCUT2D eigenvalue weighted by Crippen LogP contribution is -2.39. The molecule has 1 rings (SSSR count). The molecular weight excluding hydrogens is 142 g/mol. The molecule has 0 aliphatic carbocycles. The van der Waals surface area contributed by atoms with Crippen LogP contribution in [-0.4, -0.2) is 50.9 Å². The smallest absolute Gasteiger partial charge is 0.219 e. The summed E-state index contributed by atoms with van der Waals surface area (Å²) in [7, 11) is 1.72. The summed E-state index contributed by atoms with van der Waals surface area (Å²) < 4.78 is 5.18. The maximum atomic E-state index is 5.18. The molecule has 1 saturated heterocycles. The molecule has 0 atom stereocenters. The second-order valence-corrected chi connectivity index (χ2v) is 2.28. The van der Waals surface area contributed by atoms with Crippen LogP contribution in [0.15, 0.2) is 9.98 Å². The van der Waals surface area contributed by atoms with Gasteiger partial charge in [0, 0.05) is 20.1 Å². The number of guanidine groups is 1. The van der Waals surface area contributed by atoms with E-state index in [2.05, 4.69) is 21.6 Å². The normalized spacial score (nSPS) is 20.1. The number of nitrogens with zero attached hydrogens (tertiary/aromatic N) is 3. The first-order valence-corrected chi connectivity index (χ1v) is 3.64. The van der Waals surface area contributed by atoms with Gasteiger partial charge in [0.15, 0.2) is 0 Å². The van der Waals surface area contributed by atoms with E-state index >= 15 is 0 Å². The monoisotopic (exact) mass is 155 g/mol. The minimum Gasteiger partial charge on any atom is -0.378 e. The van der Waals surface area contributed by atoms with Crippen molar-refractivity contribution in [3.05, 3.63) is 0 Å². The predicted molar refractivity (Wildman–Crippen MR) is 45.3 cm³/mol. The van der Waals surface area contributed by atoms with E-state index in [1.165, 1.54) is 0 Å². The number of ether oxygens (including phenoxy) is 1. The highest BCUT2D eigenvalue weighted by molar-refractivity contribution is 5.84. The molecule has 4 nitrogen and oxygen atoms in total. The van der Waals surface area contributed by atoms with E-state index in [4.69, 9.17) is 4.74 Å². The molecule has 1 aliphatic rings. The van der Waals surface area contributed by atoms with Crippen molar-refractivity contribution in [1.29, 1.82) is 0 Å². The highest BCUT2D eigenvalue weighted by Crippen LogP contribution is 1.98.